The molecule has 2 unspecified atom stereocenters. The minimum absolute atomic E-state index is 0.0787. The summed E-state index contributed by atoms with van der Waals surface area (Å²) in [5.74, 6) is 0.956. The first-order chi connectivity index (χ1) is 7.09. The van der Waals surface area contributed by atoms with Gasteiger partial charge < -0.3 is 5.11 Å². The molecule has 0 spiro atoms. The highest BCUT2D eigenvalue weighted by molar-refractivity contribution is 5.92. The van der Waals surface area contributed by atoms with Gasteiger partial charge in [-0.25, -0.2) is 0 Å². The van der Waals surface area contributed by atoms with Gasteiger partial charge in [0.1, 0.15) is 5.78 Å². The molecule has 15 heavy (non-hydrogen) atoms. The Bertz CT molecular complexity index is 320. The molecule has 0 radical (unpaired) electrons. The molecule has 3 nitrogen and oxygen atoms in total. The molecule has 0 aliphatic heterocycles. The summed E-state index contributed by atoms with van der Waals surface area (Å²) in [7, 11) is 0. The number of Topliss-reactive ketones (excluding diaryl/α,β-unsaturated/α-hetero) is 1. The Hall–Kier alpha value is -0.860. The summed E-state index contributed by atoms with van der Waals surface area (Å²) in [4.78, 5) is 23.0. The molecule has 0 amide bonds. The summed E-state index contributed by atoms with van der Waals surface area (Å²) < 4.78 is 0. The molecule has 4 aliphatic rings. The van der Waals surface area contributed by atoms with Crippen LogP contribution in [0.15, 0.2) is 0 Å². The van der Waals surface area contributed by atoms with E-state index >= 15 is 0 Å². The maximum Gasteiger partial charge on any atom is 0.304 e. The van der Waals surface area contributed by atoms with E-state index in [0.29, 0.717) is 11.8 Å². The lowest BCUT2D eigenvalue weighted by Crippen LogP contribution is -2.53. The van der Waals surface area contributed by atoms with Gasteiger partial charge in [-0.1, -0.05) is 0 Å². The smallest absolute Gasteiger partial charge is 0.304 e. The average molecular weight is 208 g/mol. The topological polar surface area (TPSA) is 54.4 Å². The Morgan fingerprint density at radius 1 is 1.27 bits per heavy atom. The Balaban J connectivity index is 1.94. The van der Waals surface area contributed by atoms with Gasteiger partial charge >= 0.3 is 5.97 Å². The molecule has 0 saturated heterocycles. The molecule has 0 heterocycles. The number of carboxylic acids is 1. The van der Waals surface area contributed by atoms with Crippen molar-refractivity contribution >= 4 is 11.8 Å². The quantitative estimate of drug-likeness (QED) is 0.753. The minimum atomic E-state index is -0.801. The van der Waals surface area contributed by atoms with Crippen LogP contribution < -0.4 is 0 Å². The lowest BCUT2D eigenvalue weighted by atomic mass is 9.48. The SMILES string of the molecule is O=C(O)CC12C[C@@H]3CC(C[C@@H](C3)C1)C2=O. The number of carbonyl (C=O) groups is 2. The first kappa shape index (κ1) is 9.37. The molecule has 0 aromatic rings. The normalized spacial score (nSPS) is 47.2. The second-order valence-corrected chi connectivity index (χ2v) is 5.76. The fourth-order valence-corrected chi connectivity index (χ4v) is 4.46. The van der Waals surface area contributed by atoms with E-state index in [2.05, 4.69) is 0 Å². The van der Waals surface area contributed by atoms with Crippen LogP contribution in [0, 0.1) is 23.2 Å². The van der Waals surface area contributed by atoms with Gasteiger partial charge in [0.2, 0.25) is 0 Å². The first-order valence-corrected chi connectivity index (χ1v) is 5.85. The van der Waals surface area contributed by atoms with E-state index in [0.717, 1.165) is 25.7 Å². The number of aliphatic carboxylic acids is 1. The predicted octanol–water partition coefficient (Wildman–Crippen LogP) is 1.86. The predicted molar refractivity (Wildman–Crippen MR) is 53.2 cm³/mol. The molecule has 4 atom stereocenters. The average Bonchev–Trinajstić information content (AvgIpc) is 2.11. The molecule has 4 rings (SSSR count). The molecule has 4 aliphatic carbocycles. The van der Waals surface area contributed by atoms with Gasteiger partial charge in [-0.3, -0.25) is 9.59 Å². The van der Waals surface area contributed by atoms with Crippen LogP contribution in [0.4, 0.5) is 0 Å². The molecular weight excluding hydrogens is 192 g/mol. The Labute approximate surface area is 88.9 Å². The van der Waals surface area contributed by atoms with E-state index < -0.39 is 11.4 Å². The lowest BCUT2D eigenvalue weighted by Gasteiger charge is -2.54. The monoisotopic (exact) mass is 208 g/mol. The zero-order chi connectivity index (χ0) is 10.6. The first-order valence-electron chi connectivity index (χ1n) is 5.85. The number of ketones is 1. The molecule has 1 N–H and O–H groups in total. The lowest BCUT2D eigenvalue weighted by molar-refractivity contribution is -0.161. The van der Waals surface area contributed by atoms with E-state index in [1.807, 2.05) is 0 Å². The van der Waals surface area contributed by atoms with Crippen molar-refractivity contribution in [1.29, 1.82) is 0 Å². The molecule has 4 fully saturated rings. The van der Waals surface area contributed by atoms with Crippen LogP contribution in [0.25, 0.3) is 0 Å². The summed E-state index contributed by atoms with van der Waals surface area (Å²) in [5.41, 5.74) is -0.458. The Kier molecular flexibility index (Phi) is 1.77. The third kappa shape index (κ3) is 1.25. The van der Waals surface area contributed by atoms with Crippen LogP contribution in [0.2, 0.25) is 0 Å². The molecule has 0 aromatic heterocycles. The highest BCUT2D eigenvalue weighted by Crippen LogP contribution is 2.59. The van der Waals surface area contributed by atoms with Crippen molar-refractivity contribution < 1.29 is 14.7 Å². The van der Waals surface area contributed by atoms with Crippen molar-refractivity contribution in [2.24, 2.45) is 23.2 Å². The molecule has 0 aromatic carbocycles. The highest BCUT2D eigenvalue weighted by Gasteiger charge is 2.57. The zero-order valence-corrected chi connectivity index (χ0v) is 8.74. The van der Waals surface area contributed by atoms with Crippen molar-refractivity contribution in [3.63, 3.8) is 0 Å². The summed E-state index contributed by atoms with van der Waals surface area (Å²) in [6.45, 7) is 0. The van der Waals surface area contributed by atoms with Gasteiger partial charge in [0.05, 0.1) is 6.42 Å². The third-order valence-electron chi connectivity index (χ3n) is 4.64. The number of hydrogen-bond acceptors (Lipinski definition) is 2. The van der Waals surface area contributed by atoms with Crippen molar-refractivity contribution in [2.45, 2.75) is 38.5 Å². The highest BCUT2D eigenvalue weighted by atomic mass is 16.4. The molecule has 82 valence electrons. The van der Waals surface area contributed by atoms with Crippen LogP contribution in [-0.4, -0.2) is 16.9 Å². The Morgan fingerprint density at radius 2 is 1.87 bits per heavy atom. The van der Waals surface area contributed by atoms with Gasteiger partial charge in [-0.15, -0.1) is 0 Å². The van der Waals surface area contributed by atoms with E-state index in [-0.39, 0.29) is 18.1 Å². The standard InChI is InChI=1S/C12H16O3/c13-10(14)6-12-4-7-1-8(5-12)3-9(2-7)11(12)15/h7-9H,1-6H2,(H,13,14)/t7-,8+,9?,12?. The van der Waals surface area contributed by atoms with Gasteiger partial charge in [0.15, 0.2) is 0 Å². The van der Waals surface area contributed by atoms with Crippen molar-refractivity contribution in [1.82, 2.24) is 0 Å². The molecular formula is C12H16O3. The van der Waals surface area contributed by atoms with Crippen molar-refractivity contribution in [3.05, 3.63) is 0 Å². The van der Waals surface area contributed by atoms with Crippen LogP contribution in [0.5, 0.6) is 0 Å². The van der Waals surface area contributed by atoms with E-state index in [1.54, 1.807) is 0 Å². The number of carboxylic acid groups (broad SMARTS) is 1. The number of hydrogen-bond donors (Lipinski definition) is 1. The van der Waals surface area contributed by atoms with Crippen LogP contribution in [0.1, 0.15) is 38.5 Å². The van der Waals surface area contributed by atoms with E-state index in [1.165, 1.54) is 6.42 Å². The van der Waals surface area contributed by atoms with Crippen molar-refractivity contribution in [3.8, 4) is 0 Å². The van der Waals surface area contributed by atoms with Crippen molar-refractivity contribution in [2.75, 3.05) is 0 Å². The third-order valence-corrected chi connectivity index (χ3v) is 4.64. The van der Waals surface area contributed by atoms with Gasteiger partial charge in [0, 0.05) is 11.3 Å². The fraction of sp³-hybridized carbons (Fsp3) is 0.833. The molecule has 3 heteroatoms. The maximum atomic E-state index is 12.2. The van der Waals surface area contributed by atoms with Crippen LogP contribution >= 0.6 is 0 Å². The van der Waals surface area contributed by atoms with Crippen LogP contribution in [0.3, 0.4) is 0 Å². The van der Waals surface area contributed by atoms with Gasteiger partial charge in [0.25, 0.3) is 0 Å². The second kappa shape index (κ2) is 2.83. The number of rotatable bonds is 2. The fourth-order valence-electron chi connectivity index (χ4n) is 4.46. The summed E-state index contributed by atoms with van der Waals surface area (Å²) in [5, 5.41) is 8.94. The van der Waals surface area contributed by atoms with Gasteiger partial charge in [-0.2, -0.15) is 0 Å². The second-order valence-electron chi connectivity index (χ2n) is 5.76. The Morgan fingerprint density at radius 3 is 2.40 bits per heavy atom. The minimum Gasteiger partial charge on any atom is -0.481 e. The van der Waals surface area contributed by atoms with Gasteiger partial charge in [-0.05, 0) is 43.9 Å². The van der Waals surface area contributed by atoms with Crippen LogP contribution in [-0.2, 0) is 9.59 Å². The molecule has 4 bridgehead atoms. The largest absolute Gasteiger partial charge is 0.481 e. The summed E-state index contributed by atoms with van der Waals surface area (Å²) in [6.07, 6.45) is 5.10. The van der Waals surface area contributed by atoms with E-state index in [9.17, 15) is 9.59 Å². The molecule has 4 saturated carbocycles. The maximum absolute atomic E-state index is 12.2. The summed E-state index contributed by atoms with van der Waals surface area (Å²) >= 11 is 0. The van der Waals surface area contributed by atoms with E-state index in [4.69, 9.17) is 5.11 Å². The summed E-state index contributed by atoms with van der Waals surface area (Å²) in [6, 6.07) is 0. The zero-order valence-electron chi connectivity index (χ0n) is 8.74. The number of carbonyl (C=O) groups excluding carboxylic acids is 1.